The molecule has 1 saturated heterocycles. The maximum Gasteiger partial charge on any atom is 0.0501 e. The van der Waals surface area contributed by atoms with Crippen LogP contribution in [0.1, 0.15) is 44.7 Å². The van der Waals surface area contributed by atoms with Crippen molar-refractivity contribution < 1.29 is 0 Å². The SMILES string of the molecule is CCCC1CCCN(CCc2ccc(N)cn2)CC1. The van der Waals surface area contributed by atoms with E-state index < -0.39 is 0 Å². The van der Waals surface area contributed by atoms with Crippen molar-refractivity contribution in [3.63, 3.8) is 0 Å². The second kappa shape index (κ2) is 7.49. The Kier molecular flexibility index (Phi) is 5.64. The van der Waals surface area contributed by atoms with Crippen LogP contribution in [0.25, 0.3) is 0 Å². The number of hydrogen-bond donors (Lipinski definition) is 1. The van der Waals surface area contributed by atoms with Crippen LogP contribution in [0.4, 0.5) is 5.69 Å². The van der Waals surface area contributed by atoms with E-state index in [0.29, 0.717) is 0 Å². The molecule has 1 aromatic rings. The van der Waals surface area contributed by atoms with E-state index in [1.165, 1.54) is 45.2 Å². The summed E-state index contributed by atoms with van der Waals surface area (Å²) in [5, 5.41) is 0. The number of likely N-dealkylation sites (tertiary alicyclic amines) is 1. The lowest BCUT2D eigenvalue weighted by Gasteiger charge is -2.19. The van der Waals surface area contributed by atoms with Gasteiger partial charge in [0, 0.05) is 18.7 Å². The second-order valence-electron chi connectivity index (χ2n) is 5.76. The molecule has 0 bridgehead atoms. The minimum atomic E-state index is 0.751. The summed E-state index contributed by atoms with van der Waals surface area (Å²) < 4.78 is 0. The Morgan fingerprint density at radius 3 is 2.95 bits per heavy atom. The Hall–Kier alpha value is -1.09. The summed E-state index contributed by atoms with van der Waals surface area (Å²) in [6, 6.07) is 4.00. The van der Waals surface area contributed by atoms with Gasteiger partial charge in [-0.15, -0.1) is 0 Å². The molecule has 106 valence electrons. The highest BCUT2D eigenvalue weighted by Gasteiger charge is 2.16. The molecule has 1 aliphatic heterocycles. The molecule has 0 saturated carbocycles. The van der Waals surface area contributed by atoms with E-state index in [-0.39, 0.29) is 0 Å². The summed E-state index contributed by atoms with van der Waals surface area (Å²) >= 11 is 0. The second-order valence-corrected chi connectivity index (χ2v) is 5.76. The Morgan fingerprint density at radius 1 is 1.32 bits per heavy atom. The number of hydrogen-bond acceptors (Lipinski definition) is 3. The molecule has 2 heterocycles. The number of pyridine rings is 1. The van der Waals surface area contributed by atoms with Crippen molar-refractivity contribution in [2.75, 3.05) is 25.4 Å². The minimum Gasteiger partial charge on any atom is -0.397 e. The Balaban J connectivity index is 1.75. The molecule has 1 aromatic heterocycles. The van der Waals surface area contributed by atoms with E-state index in [0.717, 1.165) is 30.3 Å². The van der Waals surface area contributed by atoms with Gasteiger partial charge < -0.3 is 10.6 Å². The van der Waals surface area contributed by atoms with Gasteiger partial charge in [0.2, 0.25) is 0 Å². The zero-order valence-electron chi connectivity index (χ0n) is 12.1. The molecular weight excluding hydrogens is 234 g/mol. The van der Waals surface area contributed by atoms with Gasteiger partial charge in [-0.05, 0) is 50.4 Å². The molecule has 1 aliphatic rings. The Morgan fingerprint density at radius 2 is 2.21 bits per heavy atom. The zero-order valence-corrected chi connectivity index (χ0v) is 12.1. The number of nitrogens with zero attached hydrogens (tertiary/aromatic N) is 2. The van der Waals surface area contributed by atoms with Crippen molar-refractivity contribution in [1.82, 2.24) is 9.88 Å². The predicted molar refractivity (Wildman–Crippen MR) is 81.0 cm³/mol. The lowest BCUT2D eigenvalue weighted by molar-refractivity contribution is 0.282. The van der Waals surface area contributed by atoms with Crippen LogP contribution >= 0.6 is 0 Å². The van der Waals surface area contributed by atoms with Crippen molar-refractivity contribution in [3.8, 4) is 0 Å². The van der Waals surface area contributed by atoms with E-state index in [2.05, 4.69) is 16.8 Å². The number of anilines is 1. The van der Waals surface area contributed by atoms with Crippen LogP contribution in [-0.4, -0.2) is 29.5 Å². The van der Waals surface area contributed by atoms with Gasteiger partial charge in [-0.2, -0.15) is 0 Å². The molecule has 2 rings (SSSR count). The molecule has 3 heteroatoms. The summed E-state index contributed by atoms with van der Waals surface area (Å²) in [4.78, 5) is 6.98. The van der Waals surface area contributed by atoms with Crippen LogP contribution in [0.5, 0.6) is 0 Å². The zero-order chi connectivity index (χ0) is 13.5. The predicted octanol–water partition coefficient (Wildman–Crippen LogP) is 3.11. The lowest BCUT2D eigenvalue weighted by Crippen LogP contribution is -2.27. The third kappa shape index (κ3) is 4.83. The van der Waals surface area contributed by atoms with Gasteiger partial charge in [0.05, 0.1) is 11.9 Å². The quantitative estimate of drug-likeness (QED) is 0.885. The van der Waals surface area contributed by atoms with E-state index in [4.69, 9.17) is 5.73 Å². The standard InChI is InChI=1S/C16H27N3/c1-2-4-14-5-3-10-19(11-8-14)12-9-16-7-6-15(17)13-18-16/h6-7,13-14H,2-5,8-12,17H2,1H3. The molecule has 1 fully saturated rings. The van der Waals surface area contributed by atoms with E-state index in [9.17, 15) is 0 Å². The van der Waals surface area contributed by atoms with Crippen LogP contribution in [-0.2, 0) is 6.42 Å². The highest BCUT2D eigenvalue weighted by molar-refractivity contribution is 5.34. The maximum atomic E-state index is 5.66. The number of nitrogens with two attached hydrogens (primary N) is 1. The van der Waals surface area contributed by atoms with Crippen LogP contribution in [0.2, 0.25) is 0 Å². The molecule has 0 amide bonds. The van der Waals surface area contributed by atoms with Crippen molar-refractivity contribution in [3.05, 3.63) is 24.0 Å². The molecule has 0 aliphatic carbocycles. The van der Waals surface area contributed by atoms with Crippen molar-refractivity contribution in [1.29, 1.82) is 0 Å². The monoisotopic (exact) mass is 261 g/mol. The van der Waals surface area contributed by atoms with Crippen molar-refractivity contribution >= 4 is 5.69 Å². The highest BCUT2D eigenvalue weighted by atomic mass is 15.1. The summed E-state index contributed by atoms with van der Waals surface area (Å²) in [6.45, 7) is 5.96. The molecule has 0 aromatic carbocycles. The molecule has 19 heavy (non-hydrogen) atoms. The summed E-state index contributed by atoms with van der Waals surface area (Å²) in [7, 11) is 0. The average molecular weight is 261 g/mol. The largest absolute Gasteiger partial charge is 0.397 e. The first-order chi connectivity index (χ1) is 9.28. The van der Waals surface area contributed by atoms with E-state index in [1.807, 2.05) is 12.1 Å². The summed E-state index contributed by atoms with van der Waals surface area (Å²) in [6.07, 6.45) is 9.70. The van der Waals surface area contributed by atoms with Crippen molar-refractivity contribution in [2.24, 2.45) is 5.92 Å². The number of aromatic nitrogens is 1. The Labute approximate surface area is 117 Å². The van der Waals surface area contributed by atoms with Gasteiger partial charge in [0.1, 0.15) is 0 Å². The third-order valence-corrected chi connectivity index (χ3v) is 4.17. The van der Waals surface area contributed by atoms with Crippen LogP contribution in [0, 0.1) is 5.92 Å². The van der Waals surface area contributed by atoms with E-state index in [1.54, 1.807) is 6.20 Å². The first kappa shape index (κ1) is 14.3. The molecule has 0 spiro atoms. The summed E-state index contributed by atoms with van der Waals surface area (Å²) in [5.74, 6) is 0.963. The van der Waals surface area contributed by atoms with Gasteiger partial charge >= 0.3 is 0 Å². The van der Waals surface area contributed by atoms with Crippen molar-refractivity contribution in [2.45, 2.75) is 45.4 Å². The smallest absolute Gasteiger partial charge is 0.0501 e. The van der Waals surface area contributed by atoms with E-state index >= 15 is 0 Å². The molecular formula is C16H27N3. The maximum absolute atomic E-state index is 5.66. The van der Waals surface area contributed by atoms with Crippen LogP contribution < -0.4 is 5.73 Å². The lowest BCUT2D eigenvalue weighted by atomic mass is 9.96. The van der Waals surface area contributed by atoms with Gasteiger partial charge in [-0.25, -0.2) is 0 Å². The van der Waals surface area contributed by atoms with Crippen LogP contribution in [0.3, 0.4) is 0 Å². The number of nitrogen functional groups attached to an aromatic ring is 1. The molecule has 1 atom stereocenters. The molecule has 1 unspecified atom stereocenters. The minimum absolute atomic E-state index is 0.751. The van der Waals surface area contributed by atoms with Gasteiger partial charge in [-0.3, -0.25) is 4.98 Å². The normalized spacial score (nSPS) is 21.2. The molecule has 2 N–H and O–H groups in total. The van der Waals surface area contributed by atoms with Gasteiger partial charge in [0.15, 0.2) is 0 Å². The first-order valence-electron chi connectivity index (χ1n) is 7.70. The third-order valence-electron chi connectivity index (χ3n) is 4.17. The Bertz CT molecular complexity index is 361. The molecule has 0 radical (unpaired) electrons. The van der Waals surface area contributed by atoms with Gasteiger partial charge in [0.25, 0.3) is 0 Å². The fraction of sp³-hybridized carbons (Fsp3) is 0.688. The number of rotatable bonds is 5. The van der Waals surface area contributed by atoms with Gasteiger partial charge in [-0.1, -0.05) is 19.8 Å². The fourth-order valence-electron chi connectivity index (χ4n) is 3.00. The summed E-state index contributed by atoms with van der Waals surface area (Å²) in [5.41, 5.74) is 7.56. The fourth-order valence-corrected chi connectivity index (χ4v) is 3.00. The molecule has 3 nitrogen and oxygen atoms in total. The topological polar surface area (TPSA) is 42.1 Å². The van der Waals surface area contributed by atoms with Crippen LogP contribution in [0.15, 0.2) is 18.3 Å². The highest BCUT2D eigenvalue weighted by Crippen LogP contribution is 2.21. The first-order valence-corrected chi connectivity index (χ1v) is 7.70. The average Bonchev–Trinajstić information content (AvgIpc) is 2.64.